The lowest BCUT2D eigenvalue weighted by Gasteiger charge is -2.12. The van der Waals surface area contributed by atoms with Crippen molar-refractivity contribution in [3.05, 3.63) is 0 Å². The summed E-state index contributed by atoms with van der Waals surface area (Å²) in [5.74, 6) is 0.335. The molecular weight excluding hydrogens is 230 g/mol. The Balaban J connectivity index is 3.61. The summed E-state index contributed by atoms with van der Waals surface area (Å²) in [6, 6.07) is 0. The van der Waals surface area contributed by atoms with Crippen LogP contribution >= 0.6 is 15.9 Å². The van der Waals surface area contributed by atoms with Gasteiger partial charge in [-0.05, 0) is 12.8 Å². The summed E-state index contributed by atoms with van der Waals surface area (Å²) in [4.78, 5) is 11.8. The zero-order valence-corrected chi connectivity index (χ0v) is 10.4. The Labute approximate surface area is 89.6 Å². The van der Waals surface area contributed by atoms with E-state index in [0.29, 0.717) is 4.83 Å². The molecule has 0 rings (SSSR count). The molecule has 0 aliphatic carbocycles. The van der Waals surface area contributed by atoms with Crippen LogP contribution in [0.25, 0.3) is 0 Å². The van der Waals surface area contributed by atoms with Gasteiger partial charge in [-0.1, -0.05) is 43.1 Å². The average Bonchev–Trinajstić information content (AvgIpc) is 2.13. The van der Waals surface area contributed by atoms with E-state index in [1.807, 2.05) is 6.92 Å². The van der Waals surface area contributed by atoms with Crippen molar-refractivity contribution in [3.63, 3.8) is 0 Å². The molecule has 0 heterocycles. The predicted octanol–water partition coefficient (Wildman–Crippen LogP) is 2.71. The molecule has 0 bridgehead atoms. The second-order valence-electron chi connectivity index (χ2n) is 3.44. The van der Waals surface area contributed by atoms with E-state index in [1.54, 1.807) is 0 Å². The first-order valence-corrected chi connectivity index (χ1v) is 5.95. The lowest BCUT2D eigenvalue weighted by Crippen LogP contribution is -2.33. The van der Waals surface area contributed by atoms with Crippen molar-refractivity contribution in [2.45, 2.75) is 44.9 Å². The van der Waals surface area contributed by atoms with Gasteiger partial charge in [0.15, 0.2) is 0 Å². The molecule has 1 N–H and O–H groups in total. The van der Waals surface area contributed by atoms with Gasteiger partial charge in [0.2, 0.25) is 5.91 Å². The Kier molecular flexibility index (Phi) is 7.33. The van der Waals surface area contributed by atoms with Gasteiger partial charge < -0.3 is 5.32 Å². The fourth-order valence-corrected chi connectivity index (χ4v) is 1.26. The highest BCUT2D eigenvalue weighted by Crippen LogP contribution is 2.06. The highest BCUT2D eigenvalue weighted by molar-refractivity contribution is 9.09. The smallest absolute Gasteiger partial charge is 0.222 e. The number of nitrogens with one attached hydrogen (secondary N) is 1. The molecule has 2 nitrogen and oxygen atoms in total. The second-order valence-corrected chi connectivity index (χ2v) is 4.74. The third-order valence-electron chi connectivity index (χ3n) is 2.11. The minimum absolute atomic E-state index is 0.154. The molecule has 0 aliphatic rings. The average molecular weight is 250 g/mol. The Morgan fingerprint density at radius 2 is 2.08 bits per heavy atom. The molecule has 3 heteroatoms. The van der Waals surface area contributed by atoms with Crippen molar-refractivity contribution in [2.24, 2.45) is 5.92 Å². The topological polar surface area (TPSA) is 29.1 Å². The number of hydrogen-bond donors (Lipinski definition) is 1. The van der Waals surface area contributed by atoms with E-state index in [2.05, 4.69) is 35.1 Å². The van der Waals surface area contributed by atoms with E-state index < -0.39 is 0 Å². The summed E-state index contributed by atoms with van der Waals surface area (Å²) >= 11 is 3.48. The first-order valence-electron chi connectivity index (χ1n) is 5.03. The van der Waals surface area contributed by atoms with Gasteiger partial charge in [-0.3, -0.25) is 4.79 Å². The van der Waals surface area contributed by atoms with E-state index in [-0.39, 0.29) is 11.8 Å². The van der Waals surface area contributed by atoms with Crippen LogP contribution in [-0.2, 0) is 4.79 Å². The van der Waals surface area contributed by atoms with E-state index >= 15 is 0 Å². The highest BCUT2D eigenvalue weighted by atomic mass is 79.9. The summed E-state index contributed by atoms with van der Waals surface area (Å²) in [6.07, 6.45) is 3.09. The molecule has 0 aromatic rings. The molecule has 0 spiro atoms. The summed E-state index contributed by atoms with van der Waals surface area (Å²) < 4.78 is 0. The largest absolute Gasteiger partial charge is 0.355 e. The van der Waals surface area contributed by atoms with Gasteiger partial charge in [-0.2, -0.15) is 0 Å². The van der Waals surface area contributed by atoms with Gasteiger partial charge in [-0.15, -0.1) is 0 Å². The molecule has 1 amide bonds. The van der Waals surface area contributed by atoms with Crippen LogP contribution in [0.1, 0.15) is 40.0 Å². The second kappa shape index (κ2) is 7.36. The molecule has 78 valence electrons. The van der Waals surface area contributed by atoms with Crippen molar-refractivity contribution < 1.29 is 4.79 Å². The van der Waals surface area contributed by atoms with Crippen LogP contribution in [0.3, 0.4) is 0 Å². The number of carbonyl (C=O) groups is 1. The summed E-state index contributed by atoms with van der Waals surface area (Å²) in [5.41, 5.74) is 0. The standard InChI is InChI=1S/C10H20BrNO/c1-4-6-8(3)10(13)12-7-9(11)5-2/h8-9H,4-7H2,1-3H3,(H,12,13). The Morgan fingerprint density at radius 3 is 2.54 bits per heavy atom. The maximum absolute atomic E-state index is 11.4. The Bertz CT molecular complexity index is 150. The highest BCUT2D eigenvalue weighted by Gasteiger charge is 2.11. The minimum Gasteiger partial charge on any atom is -0.355 e. The molecular formula is C10H20BrNO. The van der Waals surface area contributed by atoms with Gasteiger partial charge in [0, 0.05) is 17.3 Å². The molecule has 0 fully saturated rings. The quantitative estimate of drug-likeness (QED) is 0.721. The molecule has 0 saturated carbocycles. The summed E-state index contributed by atoms with van der Waals surface area (Å²) in [7, 11) is 0. The van der Waals surface area contributed by atoms with Gasteiger partial charge in [-0.25, -0.2) is 0 Å². The fraction of sp³-hybridized carbons (Fsp3) is 0.900. The summed E-state index contributed by atoms with van der Waals surface area (Å²) in [5, 5.41) is 2.93. The molecule has 2 atom stereocenters. The van der Waals surface area contributed by atoms with E-state index in [0.717, 1.165) is 25.8 Å². The first-order chi connectivity index (χ1) is 6.11. The van der Waals surface area contributed by atoms with E-state index in [4.69, 9.17) is 0 Å². The minimum atomic E-state index is 0.154. The van der Waals surface area contributed by atoms with Crippen LogP contribution in [0.2, 0.25) is 0 Å². The fourth-order valence-electron chi connectivity index (χ4n) is 1.09. The van der Waals surface area contributed by atoms with E-state index in [1.165, 1.54) is 0 Å². The lowest BCUT2D eigenvalue weighted by molar-refractivity contribution is -0.124. The monoisotopic (exact) mass is 249 g/mol. The number of halogens is 1. The van der Waals surface area contributed by atoms with E-state index in [9.17, 15) is 4.79 Å². The third kappa shape index (κ3) is 6.08. The summed E-state index contributed by atoms with van der Waals surface area (Å²) in [6.45, 7) is 6.92. The van der Waals surface area contributed by atoms with Crippen LogP contribution in [0.15, 0.2) is 0 Å². The maximum atomic E-state index is 11.4. The molecule has 0 aliphatic heterocycles. The number of amides is 1. The molecule has 13 heavy (non-hydrogen) atoms. The number of alkyl halides is 1. The van der Waals surface area contributed by atoms with Gasteiger partial charge in [0.25, 0.3) is 0 Å². The van der Waals surface area contributed by atoms with Crippen molar-refractivity contribution >= 4 is 21.8 Å². The van der Waals surface area contributed by atoms with Crippen LogP contribution in [0.5, 0.6) is 0 Å². The third-order valence-corrected chi connectivity index (χ3v) is 3.08. The zero-order chi connectivity index (χ0) is 10.3. The van der Waals surface area contributed by atoms with Crippen molar-refractivity contribution in [1.82, 2.24) is 5.32 Å². The molecule has 2 unspecified atom stereocenters. The predicted molar refractivity (Wildman–Crippen MR) is 60.1 cm³/mol. The van der Waals surface area contributed by atoms with Gasteiger partial charge in [0.05, 0.1) is 0 Å². The zero-order valence-electron chi connectivity index (χ0n) is 8.77. The normalized spacial score (nSPS) is 15.1. The molecule has 0 saturated heterocycles. The van der Waals surface area contributed by atoms with Crippen LogP contribution in [0, 0.1) is 5.92 Å². The van der Waals surface area contributed by atoms with Crippen molar-refractivity contribution in [1.29, 1.82) is 0 Å². The van der Waals surface area contributed by atoms with Crippen LogP contribution in [0.4, 0.5) is 0 Å². The van der Waals surface area contributed by atoms with Crippen molar-refractivity contribution in [2.75, 3.05) is 6.54 Å². The number of rotatable bonds is 6. The van der Waals surface area contributed by atoms with Crippen LogP contribution in [-0.4, -0.2) is 17.3 Å². The number of hydrogen-bond acceptors (Lipinski definition) is 1. The molecule has 0 aromatic heterocycles. The lowest BCUT2D eigenvalue weighted by atomic mass is 10.1. The van der Waals surface area contributed by atoms with Crippen LogP contribution < -0.4 is 5.32 Å². The van der Waals surface area contributed by atoms with Crippen molar-refractivity contribution in [3.8, 4) is 0 Å². The first kappa shape index (κ1) is 12.9. The molecule has 0 radical (unpaired) electrons. The number of carbonyl (C=O) groups excluding carboxylic acids is 1. The Morgan fingerprint density at radius 1 is 1.46 bits per heavy atom. The van der Waals surface area contributed by atoms with Gasteiger partial charge >= 0.3 is 0 Å². The van der Waals surface area contributed by atoms with Gasteiger partial charge in [0.1, 0.15) is 0 Å². The molecule has 0 aromatic carbocycles. The Hall–Kier alpha value is -0.0500. The maximum Gasteiger partial charge on any atom is 0.222 e. The SMILES string of the molecule is CCCC(C)C(=O)NCC(Br)CC.